The number of amides is 1. The Morgan fingerprint density at radius 1 is 1.13 bits per heavy atom. The highest BCUT2D eigenvalue weighted by Gasteiger charge is 2.20. The first-order valence-electron chi connectivity index (χ1n) is 7.30. The molecule has 0 aliphatic heterocycles. The molecule has 0 N–H and O–H groups in total. The molecule has 0 fully saturated rings. The Morgan fingerprint density at radius 2 is 1.87 bits per heavy atom. The van der Waals surface area contributed by atoms with Crippen LogP contribution in [0, 0.1) is 0 Å². The zero-order valence-corrected chi connectivity index (χ0v) is 13.7. The molecular weight excluding hydrogens is 310 g/mol. The van der Waals surface area contributed by atoms with Crippen LogP contribution in [-0.4, -0.2) is 27.8 Å². The number of nitrogens with zero attached hydrogens (tertiary/aromatic N) is 3. The van der Waals surface area contributed by atoms with Crippen molar-refractivity contribution in [2.24, 2.45) is 0 Å². The lowest BCUT2D eigenvalue weighted by atomic mass is 10.1. The first kappa shape index (κ1) is 15.4. The summed E-state index contributed by atoms with van der Waals surface area (Å²) >= 11 is 6.03. The summed E-state index contributed by atoms with van der Waals surface area (Å²) in [7, 11) is 1.75. The average molecular weight is 326 g/mol. The maximum absolute atomic E-state index is 12.7. The number of carbonyl (C=O) groups excluding carboxylic acids is 1. The molecule has 3 aromatic rings. The highest BCUT2D eigenvalue weighted by Crippen LogP contribution is 2.23. The molecule has 0 bridgehead atoms. The molecule has 0 saturated carbocycles. The fourth-order valence-electron chi connectivity index (χ4n) is 2.41. The minimum atomic E-state index is -0.171. The van der Waals surface area contributed by atoms with Gasteiger partial charge < -0.3 is 4.90 Å². The Labute approximate surface area is 139 Å². The summed E-state index contributed by atoms with van der Waals surface area (Å²) in [6.07, 6.45) is 1.52. The largest absolute Gasteiger partial charge is 0.334 e. The lowest BCUT2D eigenvalue weighted by Gasteiger charge is -2.25. The number of carbonyl (C=O) groups is 1. The lowest BCUT2D eigenvalue weighted by Crippen LogP contribution is -2.30. The van der Waals surface area contributed by atoms with Crippen LogP contribution in [0.2, 0.25) is 5.02 Å². The van der Waals surface area contributed by atoms with Gasteiger partial charge in [-0.15, -0.1) is 0 Å². The zero-order valence-electron chi connectivity index (χ0n) is 12.9. The van der Waals surface area contributed by atoms with Gasteiger partial charge in [0.1, 0.15) is 5.69 Å². The van der Waals surface area contributed by atoms with Crippen LogP contribution in [0.1, 0.15) is 29.0 Å². The van der Waals surface area contributed by atoms with Crippen molar-refractivity contribution in [3.8, 4) is 0 Å². The predicted molar refractivity (Wildman–Crippen MR) is 91.5 cm³/mol. The fraction of sp³-hybridized carbons (Fsp3) is 0.167. The van der Waals surface area contributed by atoms with Gasteiger partial charge in [-0.2, -0.15) is 0 Å². The number of rotatable bonds is 3. The van der Waals surface area contributed by atoms with E-state index < -0.39 is 0 Å². The van der Waals surface area contributed by atoms with Gasteiger partial charge in [-0.25, -0.2) is 4.98 Å². The quantitative estimate of drug-likeness (QED) is 0.727. The van der Waals surface area contributed by atoms with E-state index in [0.29, 0.717) is 16.2 Å². The Kier molecular flexibility index (Phi) is 4.26. The summed E-state index contributed by atoms with van der Waals surface area (Å²) in [5, 5.41) is 0.653. The molecule has 0 aliphatic rings. The van der Waals surface area contributed by atoms with Crippen LogP contribution in [0.5, 0.6) is 0 Å². The highest BCUT2D eigenvalue weighted by molar-refractivity contribution is 6.30. The van der Waals surface area contributed by atoms with Gasteiger partial charge in [0.05, 0.1) is 23.3 Å². The molecule has 1 heterocycles. The van der Waals surface area contributed by atoms with Crippen molar-refractivity contribution in [2.45, 2.75) is 13.0 Å². The first-order chi connectivity index (χ1) is 11.1. The minimum Gasteiger partial charge on any atom is -0.334 e. The Morgan fingerprint density at radius 3 is 2.61 bits per heavy atom. The fourth-order valence-corrected chi connectivity index (χ4v) is 2.61. The standard InChI is InChI=1S/C18H16ClN3O/c1-12(13-6-5-7-14(19)10-13)22(2)18(23)17-11-20-15-8-3-4-9-16(15)21-17/h3-12H,1-2H3. The van der Waals surface area contributed by atoms with Crippen molar-refractivity contribution in [2.75, 3.05) is 7.05 Å². The third kappa shape index (κ3) is 3.17. The molecule has 23 heavy (non-hydrogen) atoms. The molecule has 0 aliphatic carbocycles. The van der Waals surface area contributed by atoms with Gasteiger partial charge in [-0.1, -0.05) is 35.9 Å². The molecule has 3 rings (SSSR count). The van der Waals surface area contributed by atoms with Crippen molar-refractivity contribution in [1.82, 2.24) is 14.9 Å². The average Bonchev–Trinajstić information content (AvgIpc) is 2.59. The molecule has 0 spiro atoms. The van der Waals surface area contributed by atoms with Gasteiger partial charge in [0.15, 0.2) is 0 Å². The molecule has 0 saturated heterocycles. The zero-order chi connectivity index (χ0) is 16.4. The number of hydrogen-bond donors (Lipinski definition) is 0. The number of benzene rings is 2. The number of fused-ring (bicyclic) bond motifs is 1. The smallest absolute Gasteiger partial charge is 0.274 e. The summed E-state index contributed by atoms with van der Waals surface area (Å²) in [5.41, 5.74) is 2.79. The topological polar surface area (TPSA) is 46.1 Å². The third-order valence-electron chi connectivity index (χ3n) is 3.90. The van der Waals surface area contributed by atoms with E-state index in [-0.39, 0.29) is 11.9 Å². The highest BCUT2D eigenvalue weighted by atomic mass is 35.5. The second kappa shape index (κ2) is 6.34. The van der Waals surface area contributed by atoms with Crippen molar-refractivity contribution < 1.29 is 4.79 Å². The number of aromatic nitrogens is 2. The Hall–Kier alpha value is -2.46. The van der Waals surface area contributed by atoms with E-state index in [2.05, 4.69) is 9.97 Å². The van der Waals surface area contributed by atoms with Crippen molar-refractivity contribution in [1.29, 1.82) is 0 Å². The summed E-state index contributed by atoms with van der Waals surface area (Å²) < 4.78 is 0. The van der Waals surface area contributed by atoms with E-state index in [1.54, 1.807) is 11.9 Å². The molecule has 2 aromatic carbocycles. The maximum Gasteiger partial charge on any atom is 0.274 e. The van der Waals surface area contributed by atoms with Gasteiger partial charge in [0.25, 0.3) is 5.91 Å². The molecular formula is C18H16ClN3O. The molecule has 0 radical (unpaired) electrons. The monoisotopic (exact) mass is 325 g/mol. The van der Waals surface area contributed by atoms with Crippen LogP contribution in [0.3, 0.4) is 0 Å². The second-order valence-electron chi connectivity index (χ2n) is 5.39. The van der Waals surface area contributed by atoms with Crippen LogP contribution in [0.25, 0.3) is 11.0 Å². The maximum atomic E-state index is 12.7. The summed E-state index contributed by atoms with van der Waals surface area (Å²) in [6, 6.07) is 14.9. The molecule has 5 heteroatoms. The van der Waals surface area contributed by atoms with E-state index in [4.69, 9.17) is 11.6 Å². The molecule has 4 nitrogen and oxygen atoms in total. The number of halogens is 1. The molecule has 1 aromatic heterocycles. The number of hydrogen-bond acceptors (Lipinski definition) is 3. The van der Waals surface area contributed by atoms with Crippen molar-refractivity contribution in [3.05, 3.63) is 71.0 Å². The Bertz CT molecular complexity index is 866. The van der Waals surface area contributed by atoms with Crippen LogP contribution < -0.4 is 0 Å². The minimum absolute atomic E-state index is 0.116. The second-order valence-corrected chi connectivity index (χ2v) is 5.83. The van der Waals surface area contributed by atoms with Crippen molar-refractivity contribution in [3.63, 3.8) is 0 Å². The van der Waals surface area contributed by atoms with Gasteiger partial charge in [0.2, 0.25) is 0 Å². The first-order valence-corrected chi connectivity index (χ1v) is 7.68. The van der Waals surface area contributed by atoms with Gasteiger partial charge >= 0.3 is 0 Å². The van der Waals surface area contributed by atoms with Crippen LogP contribution in [0.15, 0.2) is 54.7 Å². The molecule has 1 unspecified atom stereocenters. The molecule has 116 valence electrons. The lowest BCUT2D eigenvalue weighted by molar-refractivity contribution is 0.0736. The van der Waals surface area contributed by atoms with Crippen LogP contribution in [-0.2, 0) is 0 Å². The molecule has 1 atom stereocenters. The summed E-state index contributed by atoms with van der Waals surface area (Å²) in [5.74, 6) is -0.171. The normalized spacial score (nSPS) is 12.1. The third-order valence-corrected chi connectivity index (χ3v) is 4.14. The van der Waals surface area contributed by atoms with E-state index in [9.17, 15) is 4.79 Å². The Balaban J connectivity index is 1.88. The SMILES string of the molecule is CC(c1cccc(Cl)c1)N(C)C(=O)c1cnc2ccccc2n1. The summed E-state index contributed by atoms with van der Waals surface area (Å²) in [4.78, 5) is 23.0. The van der Waals surface area contributed by atoms with Crippen LogP contribution >= 0.6 is 11.6 Å². The van der Waals surface area contributed by atoms with Crippen molar-refractivity contribution >= 4 is 28.5 Å². The summed E-state index contributed by atoms with van der Waals surface area (Å²) in [6.45, 7) is 1.96. The van der Waals surface area contributed by atoms with E-state index in [1.165, 1.54) is 6.20 Å². The van der Waals surface area contributed by atoms with Gasteiger partial charge in [-0.3, -0.25) is 9.78 Å². The number of para-hydroxylation sites is 2. The van der Waals surface area contributed by atoms with Gasteiger partial charge in [0, 0.05) is 12.1 Å². The van der Waals surface area contributed by atoms with E-state index in [0.717, 1.165) is 11.1 Å². The van der Waals surface area contributed by atoms with E-state index in [1.807, 2.05) is 55.5 Å². The van der Waals surface area contributed by atoms with E-state index >= 15 is 0 Å². The van der Waals surface area contributed by atoms with Gasteiger partial charge in [-0.05, 0) is 36.8 Å². The van der Waals surface area contributed by atoms with Crippen LogP contribution in [0.4, 0.5) is 0 Å². The predicted octanol–water partition coefficient (Wildman–Crippen LogP) is 4.12. The molecule has 1 amide bonds.